The predicted molar refractivity (Wildman–Crippen MR) is 144 cm³/mol. The van der Waals surface area contributed by atoms with E-state index in [1.807, 2.05) is 30.3 Å². The van der Waals surface area contributed by atoms with Crippen molar-refractivity contribution in [2.75, 3.05) is 13.2 Å². The molecule has 1 rings (SSSR count). The van der Waals surface area contributed by atoms with Crippen LogP contribution in [-0.4, -0.2) is 31.2 Å². The quantitative estimate of drug-likeness (QED) is 0.128. The first kappa shape index (κ1) is 30.4. The number of hydrogen-bond acceptors (Lipinski definition) is 5. The second-order valence-electron chi connectivity index (χ2n) is 8.66. The Balaban J connectivity index is 1.93. The van der Waals surface area contributed by atoms with Crippen LogP contribution in [0.15, 0.2) is 66.8 Å². The first-order valence-corrected chi connectivity index (χ1v) is 13.2. The van der Waals surface area contributed by atoms with Crippen molar-refractivity contribution in [2.24, 2.45) is 5.73 Å². The van der Waals surface area contributed by atoms with Gasteiger partial charge in [0, 0.05) is 12.8 Å². The van der Waals surface area contributed by atoms with Crippen LogP contribution in [0.5, 0.6) is 0 Å². The van der Waals surface area contributed by atoms with Crippen molar-refractivity contribution in [1.82, 2.24) is 0 Å². The number of unbranched alkanes of at least 4 members (excludes halogenated alkanes) is 5. The number of allylic oxidation sites excluding steroid dienone is 6. The van der Waals surface area contributed by atoms with Crippen LogP contribution in [-0.2, 0) is 25.5 Å². The lowest BCUT2D eigenvalue weighted by atomic mass is 10.1. The third-order valence-electron chi connectivity index (χ3n) is 5.42. The van der Waals surface area contributed by atoms with Gasteiger partial charge in [-0.05, 0) is 56.9 Å². The van der Waals surface area contributed by atoms with Crippen molar-refractivity contribution in [3.05, 3.63) is 72.4 Å². The number of rotatable bonds is 20. The Labute approximate surface area is 212 Å². The van der Waals surface area contributed by atoms with Crippen molar-refractivity contribution in [3.63, 3.8) is 0 Å². The van der Waals surface area contributed by atoms with E-state index in [2.05, 4.69) is 43.4 Å². The molecule has 0 heterocycles. The van der Waals surface area contributed by atoms with Gasteiger partial charge in [-0.1, -0.05) is 86.6 Å². The summed E-state index contributed by atoms with van der Waals surface area (Å²) in [7, 11) is 0. The topological polar surface area (TPSA) is 78.6 Å². The van der Waals surface area contributed by atoms with Gasteiger partial charge in [-0.15, -0.1) is 0 Å². The van der Waals surface area contributed by atoms with E-state index in [9.17, 15) is 9.59 Å². The summed E-state index contributed by atoms with van der Waals surface area (Å²) in [6.07, 6.45) is 24.4. The Bertz CT molecular complexity index is 755. The Hall–Kier alpha value is -2.66. The summed E-state index contributed by atoms with van der Waals surface area (Å²) in [5, 5.41) is 0. The minimum atomic E-state index is -0.688. The molecular weight excluding hydrogens is 438 g/mol. The molecule has 5 heteroatoms. The molecule has 0 radical (unpaired) electrons. The third-order valence-corrected chi connectivity index (χ3v) is 5.42. The number of carbonyl (C=O) groups excluding carboxylic acids is 2. The molecule has 35 heavy (non-hydrogen) atoms. The highest BCUT2D eigenvalue weighted by atomic mass is 16.5. The average molecular weight is 484 g/mol. The molecule has 1 aromatic carbocycles. The van der Waals surface area contributed by atoms with Crippen molar-refractivity contribution < 1.29 is 19.1 Å². The van der Waals surface area contributed by atoms with Crippen LogP contribution in [0.3, 0.4) is 0 Å². The minimum Gasteiger partial charge on any atom is -0.466 e. The van der Waals surface area contributed by atoms with Crippen LogP contribution >= 0.6 is 0 Å². The number of carbonyl (C=O) groups is 2. The van der Waals surface area contributed by atoms with Crippen molar-refractivity contribution in [3.8, 4) is 0 Å². The maximum atomic E-state index is 11.9. The molecule has 1 atom stereocenters. The van der Waals surface area contributed by atoms with Gasteiger partial charge in [0.1, 0.15) is 6.04 Å². The van der Waals surface area contributed by atoms with E-state index in [0.717, 1.165) is 37.7 Å². The zero-order valence-corrected chi connectivity index (χ0v) is 21.5. The largest absolute Gasteiger partial charge is 0.466 e. The summed E-state index contributed by atoms with van der Waals surface area (Å²) in [5.74, 6) is -0.634. The molecule has 194 valence electrons. The lowest BCUT2D eigenvalue weighted by Gasteiger charge is -2.11. The molecule has 0 fully saturated rings. The first-order valence-electron chi connectivity index (χ1n) is 13.2. The molecule has 1 unspecified atom stereocenters. The lowest BCUT2D eigenvalue weighted by Crippen LogP contribution is -2.34. The molecule has 0 bridgehead atoms. The fourth-order valence-corrected chi connectivity index (χ4v) is 3.37. The molecular formula is C30H45NO4. The summed E-state index contributed by atoms with van der Waals surface area (Å²) < 4.78 is 10.4. The first-order chi connectivity index (χ1) is 17.1. The zero-order valence-electron chi connectivity index (χ0n) is 21.5. The van der Waals surface area contributed by atoms with E-state index in [-0.39, 0.29) is 19.2 Å². The Morgan fingerprint density at radius 3 is 2.06 bits per heavy atom. The monoisotopic (exact) mass is 483 g/mol. The summed E-state index contributed by atoms with van der Waals surface area (Å²) in [5.41, 5.74) is 6.88. The number of benzene rings is 1. The van der Waals surface area contributed by atoms with E-state index in [4.69, 9.17) is 15.2 Å². The maximum absolute atomic E-state index is 11.9. The third kappa shape index (κ3) is 18.4. The molecule has 0 aliphatic rings. The highest BCUT2D eigenvalue weighted by Gasteiger charge is 2.15. The van der Waals surface area contributed by atoms with Crippen LogP contribution in [0.4, 0.5) is 0 Å². The predicted octanol–water partition coefficient (Wildman–Crippen LogP) is 6.62. The number of ether oxygens (including phenoxy) is 2. The van der Waals surface area contributed by atoms with Gasteiger partial charge in [0.25, 0.3) is 0 Å². The highest BCUT2D eigenvalue weighted by Crippen LogP contribution is 2.05. The normalized spacial score (nSPS) is 12.5. The van der Waals surface area contributed by atoms with Crippen LogP contribution < -0.4 is 5.73 Å². The second-order valence-corrected chi connectivity index (χ2v) is 8.66. The van der Waals surface area contributed by atoms with Crippen molar-refractivity contribution in [2.45, 2.75) is 90.0 Å². The van der Waals surface area contributed by atoms with E-state index < -0.39 is 12.0 Å². The van der Waals surface area contributed by atoms with Gasteiger partial charge in [-0.2, -0.15) is 0 Å². The molecule has 0 spiro atoms. The summed E-state index contributed by atoms with van der Waals surface area (Å²) >= 11 is 0. The van der Waals surface area contributed by atoms with Gasteiger partial charge in [0.2, 0.25) is 0 Å². The van der Waals surface area contributed by atoms with Crippen LogP contribution in [0.1, 0.15) is 83.1 Å². The van der Waals surface area contributed by atoms with Crippen molar-refractivity contribution >= 4 is 11.9 Å². The fourth-order valence-electron chi connectivity index (χ4n) is 3.37. The molecule has 0 saturated heterocycles. The Kier molecular flexibility index (Phi) is 19.0. The minimum absolute atomic E-state index is 0.198. The summed E-state index contributed by atoms with van der Waals surface area (Å²) in [4.78, 5) is 23.7. The lowest BCUT2D eigenvalue weighted by molar-refractivity contribution is -0.147. The molecule has 2 N–H and O–H groups in total. The smallest absolute Gasteiger partial charge is 0.323 e. The maximum Gasteiger partial charge on any atom is 0.323 e. The second kappa shape index (κ2) is 21.8. The Morgan fingerprint density at radius 2 is 1.40 bits per heavy atom. The average Bonchev–Trinajstić information content (AvgIpc) is 2.86. The fraction of sp³-hybridized carbons (Fsp3) is 0.533. The van der Waals surface area contributed by atoms with E-state index >= 15 is 0 Å². The molecule has 0 aliphatic carbocycles. The van der Waals surface area contributed by atoms with Crippen LogP contribution in [0, 0.1) is 0 Å². The molecule has 0 aromatic heterocycles. The van der Waals surface area contributed by atoms with Gasteiger partial charge in [-0.25, -0.2) is 0 Å². The highest BCUT2D eigenvalue weighted by molar-refractivity contribution is 5.75. The molecule has 5 nitrogen and oxygen atoms in total. The summed E-state index contributed by atoms with van der Waals surface area (Å²) in [6, 6.07) is 8.91. The van der Waals surface area contributed by atoms with Gasteiger partial charge in [0.15, 0.2) is 0 Å². The zero-order chi connectivity index (χ0) is 25.4. The summed E-state index contributed by atoms with van der Waals surface area (Å²) in [6.45, 7) is 2.68. The van der Waals surface area contributed by atoms with E-state index in [1.54, 1.807) is 0 Å². The number of nitrogens with two attached hydrogens (primary N) is 1. The van der Waals surface area contributed by atoms with Crippen LogP contribution in [0.25, 0.3) is 0 Å². The molecule has 1 aromatic rings. The number of esters is 2. The molecule has 0 saturated carbocycles. The van der Waals surface area contributed by atoms with Crippen molar-refractivity contribution in [1.29, 1.82) is 0 Å². The SMILES string of the molecule is CCCCCC=CCC=CCC=CCCCCC(=O)OCCCOC(=O)C(N)Cc1ccccc1. The Morgan fingerprint density at radius 1 is 0.800 bits per heavy atom. The van der Waals surface area contributed by atoms with Gasteiger partial charge >= 0.3 is 11.9 Å². The van der Waals surface area contributed by atoms with Gasteiger partial charge in [0.05, 0.1) is 13.2 Å². The van der Waals surface area contributed by atoms with Gasteiger partial charge in [-0.3, -0.25) is 9.59 Å². The van der Waals surface area contributed by atoms with Gasteiger partial charge < -0.3 is 15.2 Å². The molecule has 0 aliphatic heterocycles. The number of hydrogen-bond donors (Lipinski definition) is 1. The van der Waals surface area contributed by atoms with Crippen LogP contribution in [0.2, 0.25) is 0 Å². The van der Waals surface area contributed by atoms with E-state index in [1.165, 1.54) is 25.7 Å². The molecule has 0 amide bonds. The van der Waals surface area contributed by atoms with E-state index in [0.29, 0.717) is 19.3 Å². The standard InChI is InChI=1S/C30H45NO4/c1-2-3-4-5-6-7-8-9-10-11-12-13-14-15-19-23-29(32)34-24-20-25-35-30(33)28(31)26-27-21-17-16-18-22-27/h6-7,9-10,12-13,16-18,21-22,28H,2-5,8,11,14-15,19-20,23-26,31H2,1H3.